The van der Waals surface area contributed by atoms with Crippen LogP contribution in [0.4, 0.5) is 5.82 Å². The van der Waals surface area contributed by atoms with Gasteiger partial charge in [-0.1, -0.05) is 6.07 Å². The third-order valence-electron chi connectivity index (χ3n) is 5.88. The van der Waals surface area contributed by atoms with Crippen molar-refractivity contribution in [3.63, 3.8) is 0 Å². The topological polar surface area (TPSA) is 109 Å². The molecule has 0 fully saturated rings. The predicted octanol–water partition coefficient (Wildman–Crippen LogP) is 3.60. The number of amides is 1. The van der Waals surface area contributed by atoms with E-state index >= 15 is 0 Å². The first-order valence-corrected chi connectivity index (χ1v) is 12.7. The maximum Gasteiger partial charge on any atom is 0.249 e. The number of anilines is 1. The number of nitrogens with one attached hydrogen (secondary N) is 1. The molecule has 0 unspecified atom stereocenters. The molecule has 1 aromatic heterocycles. The zero-order chi connectivity index (χ0) is 25.3. The Balaban J connectivity index is 1.67. The van der Waals surface area contributed by atoms with E-state index in [1.807, 2.05) is 32.0 Å². The van der Waals surface area contributed by atoms with E-state index in [1.54, 1.807) is 22.9 Å². The van der Waals surface area contributed by atoms with Gasteiger partial charge in [-0.2, -0.15) is 5.10 Å². The van der Waals surface area contributed by atoms with Crippen LogP contribution >= 0.6 is 0 Å². The van der Waals surface area contributed by atoms with E-state index in [4.69, 9.17) is 14.2 Å². The standard InChI is InChI=1S/C25H27N3O6S/c1-15-6-8-18(10-16(15)2)28-25(19-13-35(30,31)14-20(19)27-28)26-23(29)9-7-17-11-21(32-3)24(34-5)22(12-17)33-4/h6-12H,13-14H2,1-5H3,(H,26,29). The number of carbonyl (C=O) groups is 1. The fourth-order valence-corrected chi connectivity index (χ4v) is 5.44. The summed E-state index contributed by atoms with van der Waals surface area (Å²) in [6, 6.07) is 9.24. The molecule has 1 aliphatic heterocycles. The van der Waals surface area contributed by atoms with Gasteiger partial charge in [0.25, 0.3) is 0 Å². The van der Waals surface area contributed by atoms with E-state index in [2.05, 4.69) is 10.4 Å². The lowest BCUT2D eigenvalue weighted by molar-refractivity contribution is -0.111. The first kappa shape index (κ1) is 24.3. The number of benzene rings is 2. The van der Waals surface area contributed by atoms with Crippen molar-refractivity contribution in [2.45, 2.75) is 25.4 Å². The molecule has 9 nitrogen and oxygen atoms in total. The Labute approximate surface area is 204 Å². The summed E-state index contributed by atoms with van der Waals surface area (Å²) >= 11 is 0. The molecule has 0 radical (unpaired) electrons. The molecule has 0 bridgehead atoms. The van der Waals surface area contributed by atoms with Gasteiger partial charge in [0.1, 0.15) is 5.82 Å². The van der Waals surface area contributed by atoms with Crippen LogP contribution in [0.3, 0.4) is 0 Å². The van der Waals surface area contributed by atoms with Crippen LogP contribution in [0.5, 0.6) is 17.2 Å². The van der Waals surface area contributed by atoms with Gasteiger partial charge in [-0.25, -0.2) is 13.1 Å². The summed E-state index contributed by atoms with van der Waals surface area (Å²) in [5, 5.41) is 7.35. The number of aryl methyl sites for hydroxylation is 2. The Morgan fingerprint density at radius 3 is 2.29 bits per heavy atom. The van der Waals surface area contributed by atoms with Crippen LogP contribution in [-0.4, -0.2) is 45.4 Å². The van der Waals surface area contributed by atoms with E-state index < -0.39 is 15.7 Å². The third-order valence-corrected chi connectivity index (χ3v) is 7.32. The molecule has 4 rings (SSSR count). The van der Waals surface area contributed by atoms with E-state index in [1.165, 1.54) is 27.4 Å². The number of ether oxygens (including phenoxy) is 3. The van der Waals surface area contributed by atoms with Gasteiger partial charge < -0.3 is 19.5 Å². The van der Waals surface area contributed by atoms with Crippen LogP contribution in [0.2, 0.25) is 0 Å². The number of aromatic nitrogens is 2. The second-order valence-corrected chi connectivity index (χ2v) is 10.3. The summed E-state index contributed by atoms with van der Waals surface area (Å²) in [6.45, 7) is 3.99. The minimum absolute atomic E-state index is 0.148. The highest BCUT2D eigenvalue weighted by Crippen LogP contribution is 2.38. The molecular formula is C25H27N3O6S. The van der Waals surface area contributed by atoms with E-state index in [-0.39, 0.29) is 11.5 Å². The zero-order valence-corrected chi connectivity index (χ0v) is 21.0. The highest BCUT2D eigenvalue weighted by Gasteiger charge is 2.33. The Hall–Kier alpha value is -3.79. The number of nitrogens with zero attached hydrogens (tertiary/aromatic N) is 2. The highest BCUT2D eigenvalue weighted by molar-refractivity contribution is 7.90. The number of carbonyl (C=O) groups excluding carboxylic acids is 1. The van der Waals surface area contributed by atoms with Gasteiger partial charge in [-0.05, 0) is 60.9 Å². The van der Waals surface area contributed by atoms with Gasteiger partial charge in [-0.3, -0.25) is 4.79 Å². The largest absolute Gasteiger partial charge is 0.493 e. The molecule has 2 heterocycles. The number of hydrogen-bond acceptors (Lipinski definition) is 7. The van der Waals surface area contributed by atoms with Gasteiger partial charge in [0.2, 0.25) is 11.7 Å². The second kappa shape index (κ2) is 9.46. The van der Waals surface area contributed by atoms with Crippen molar-refractivity contribution < 1.29 is 27.4 Å². The molecule has 3 aromatic rings. The molecule has 184 valence electrons. The molecule has 0 spiro atoms. The molecule has 0 aliphatic carbocycles. The van der Waals surface area contributed by atoms with Crippen molar-refractivity contribution in [3.05, 3.63) is 64.4 Å². The van der Waals surface area contributed by atoms with Gasteiger partial charge in [0.05, 0.1) is 44.2 Å². The molecular weight excluding hydrogens is 470 g/mol. The van der Waals surface area contributed by atoms with E-state index in [0.717, 1.165) is 16.8 Å². The quantitative estimate of drug-likeness (QED) is 0.497. The smallest absolute Gasteiger partial charge is 0.249 e. The minimum atomic E-state index is -3.30. The van der Waals surface area contributed by atoms with Gasteiger partial charge in [0.15, 0.2) is 21.3 Å². The molecule has 2 aromatic carbocycles. The molecule has 10 heteroatoms. The normalized spacial score (nSPS) is 14.1. The van der Waals surface area contributed by atoms with Crippen LogP contribution in [0.1, 0.15) is 27.9 Å². The average molecular weight is 498 g/mol. The molecule has 0 saturated carbocycles. The maximum absolute atomic E-state index is 12.9. The lowest BCUT2D eigenvalue weighted by Crippen LogP contribution is -2.14. The van der Waals surface area contributed by atoms with Crippen molar-refractivity contribution in [1.29, 1.82) is 0 Å². The number of fused-ring (bicyclic) bond motifs is 1. The Morgan fingerprint density at radius 2 is 1.69 bits per heavy atom. The fraction of sp³-hybridized carbons (Fsp3) is 0.280. The van der Waals surface area contributed by atoms with Crippen LogP contribution in [0, 0.1) is 13.8 Å². The summed E-state index contributed by atoms with van der Waals surface area (Å²) in [6.07, 6.45) is 2.96. The monoisotopic (exact) mass is 497 g/mol. The SMILES string of the molecule is COc1cc(C=CC(=O)Nc2c3c(nn2-c2ccc(C)c(C)c2)CS(=O)(=O)C3)cc(OC)c1OC. The van der Waals surface area contributed by atoms with Crippen LogP contribution in [-0.2, 0) is 26.1 Å². The number of sulfone groups is 1. The molecule has 1 N–H and O–H groups in total. The van der Waals surface area contributed by atoms with Crippen molar-refractivity contribution in [2.75, 3.05) is 26.6 Å². The Bertz CT molecular complexity index is 1410. The lowest BCUT2D eigenvalue weighted by atomic mass is 10.1. The van der Waals surface area contributed by atoms with E-state index in [9.17, 15) is 13.2 Å². The highest BCUT2D eigenvalue weighted by atomic mass is 32.2. The fourth-order valence-electron chi connectivity index (χ4n) is 3.94. The third kappa shape index (κ3) is 4.88. The van der Waals surface area contributed by atoms with Gasteiger partial charge >= 0.3 is 0 Å². The summed E-state index contributed by atoms with van der Waals surface area (Å²) in [7, 11) is 1.25. The molecule has 0 saturated heterocycles. The number of hydrogen-bond donors (Lipinski definition) is 1. The molecule has 0 atom stereocenters. The average Bonchev–Trinajstić information content (AvgIpc) is 3.30. The first-order valence-electron chi connectivity index (χ1n) is 10.8. The van der Waals surface area contributed by atoms with Crippen molar-refractivity contribution in [2.24, 2.45) is 0 Å². The van der Waals surface area contributed by atoms with Crippen molar-refractivity contribution in [3.8, 4) is 22.9 Å². The summed E-state index contributed by atoms with van der Waals surface area (Å²) in [5.41, 5.74) is 4.54. The first-order chi connectivity index (χ1) is 16.7. The Morgan fingerprint density at radius 1 is 1.00 bits per heavy atom. The lowest BCUT2D eigenvalue weighted by Gasteiger charge is -2.13. The van der Waals surface area contributed by atoms with Crippen LogP contribution < -0.4 is 19.5 Å². The van der Waals surface area contributed by atoms with Crippen LogP contribution in [0.25, 0.3) is 11.8 Å². The van der Waals surface area contributed by atoms with Crippen molar-refractivity contribution in [1.82, 2.24) is 9.78 Å². The minimum Gasteiger partial charge on any atom is -0.493 e. The Kier molecular flexibility index (Phi) is 6.58. The summed E-state index contributed by atoms with van der Waals surface area (Å²) in [5.74, 6) is 0.972. The molecule has 1 amide bonds. The second-order valence-electron chi connectivity index (χ2n) is 8.27. The number of methoxy groups -OCH3 is 3. The van der Waals surface area contributed by atoms with Gasteiger partial charge in [-0.15, -0.1) is 0 Å². The molecule has 1 aliphatic rings. The summed E-state index contributed by atoms with van der Waals surface area (Å²) in [4.78, 5) is 12.9. The summed E-state index contributed by atoms with van der Waals surface area (Å²) < 4.78 is 42.0. The molecule has 35 heavy (non-hydrogen) atoms. The van der Waals surface area contributed by atoms with Crippen LogP contribution in [0.15, 0.2) is 36.4 Å². The maximum atomic E-state index is 12.9. The van der Waals surface area contributed by atoms with Crippen molar-refractivity contribution >= 4 is 27.6 Å². The zero-order valence-electron chi connectivity index (χ0n) is 20.2. The van der Waals surface area contributed by atoms with Gasteiger partial charge in [0, 0.05) is 11.6 Å². The van der Waals surface area contributed by atoms with E-state index in [0.29, 0.717) is 39.9 Å². The number of rotatable bonds is 7. The predicted molar refractivity (Wildman–Crippen MR) is 133 cm³/mol.